The Labute approximate surface area is 177 Å². The highest BCUT2D eigenvalue weighted by atomic mass is 19.4. The van der Waals surface area contributed by atoms with Crippen molar-refractivity contribution >= 4 is 11.5 Å². The zero-order valence-electron chi connectivity index (χ0n) is 17.5. The summed E-state index contributed by atoms with van der Waals surface area (Å²) in [7, 11) is 1.63. The summed E-state index contributed by atoms with van der Waals surface area (Å²) in [4.78, 5) is 11.3. The van der Waals surface area contributed by atoms with Gasteiger partial charge in [-0.05, 0) is 13.3 Å². The third-order valence-corrected chi connectivity index (χ3v) is 5.22. The summed E-state index contributed by atoms with van der Waals surface area (Å²) in [5, 5.41) is 4.37. The van der Waals surface area contributed by atoms with Crippen molar-refractivity contribution in [2.24, 2.45) is 0 Å². The van der Waals surface area contributed by atoms with Gasteiger partial charge in [0.25, 0.3) is 0 Å². The van der Waals surface area contributed by atoms with Crippen LogP contribution in [-0.4, -0.2) is 70.3 Å². The van der Waals surface area contributed by atoms with Gasteiger partial charge in [0.1, 0.15) is 0 Å². The molecule has 0 aromatic carbocycles. The highest BCUT2D eigenvalue weighted by Crippen LogP contribution is 2.30. The number of halogens is 3. The van der Waals surface area contributed by atoms with E-state index >= 15 is 0 Å². The maximum absolute atomic E-state index is 12.9. The van der Waals surface area contributed by atoms with Crippen LogP contribution in [0, 0.1) is 6.92 Å². The van der Waals surface area contributed by atoms with E-state index in [4.69, 9.17) is 14.5 Å². The molecule has 8 nitrogen and oxygen atoms in total. The lowest BCUT2D eigenvalue weighted by atomic mass is 10.2. The molecule has 0 spiro atoms. The fourth-order valence-corrected chi connectivity index (χ4v) is 3.71. The van der Waals surface area contributed by atoms with E-state index in [1.807, 2.05) is 22.4 Å². The second-order valence-electron chi connectivity index (χ2n) is 7.49. The SMILES string of the molecule is COCCn1cc(-c2c(C)nc3c(N4CCOCC4)nc(CCC(F)(F)F)cn23)cn1. The highest BCUT2D eigenvalue weighted by molar-refractivity contribution is 5.73. The summed E-state index contributed by atoms with van der Waals surface area (Å²) in [5.74, 6) is 0.587. The second-order valence-corrected chi connectivity index (χ2v) is 7.49. The molecule has 0 amide bonds. The molecular formula is C20H25F3N6O2. The maximum Gasteiger partial charge on any atom is 0.389 e. The van der Waals surface area contributed by atoms with Crippen molar-refractivity contribution in [2.45, 2.75) is 32.5 Å². The van der Waals surface area contributed by atoms with E-state index < -0.39 is 12.6 Å². The molecule has 1 aliphatic heterocycles. The Morgan fingerprint density at radius 2 is 1.94 bits per heavy atom. The molecule has 168 valence electrons. The summed E-state index contributed by atoms with van der Waals surface area (Å²) < 4.78 is 52.7. The van der Waals surface area contributed by atoms with E-state index in [2.05, 4.69) is 10.1 Å². The van der Waals surface area contributed by atoms with Gasteiger partial charge in [0.2, 0.25) is 0 Å². The largest absolute Gasteiger partial charge is 0.389 e. The van der Waals surface area contributed by atoms with Crippen molar-refractivity contribution in [1.82, 2.24) is 24.1 Å². The van der Waals surface area contributed by atoms with Crippen LogP contribution in [0.3, 0.4) is 0 Å². The van der Waals surface area contributed by atoms with Crippen LogP contribution in [0.5, 0.6) is 0 Å². The van der Waals surface area contributed by atoms with Crippen molar-refractivity contribution in [1.29, 1.82) is 0 Å². The molecular weight excluding hydrogens is 413 g/mol. The van der Waals surface area contributed by atoms with Crippen LogP contribution in [0.4, 0.5) is 19.0 Å². The first kappa shape index (κ1) is 21.6. The minimum atomic E-state index is -4.24. The molecule has 1 fully saturated rings. The standard InChI is InChI=1S/C20H25F3N6O2/c1-14-17(15-11-24-28(12-15)7-8-30-2)29-13-16(3-4-20(21,22)23)26-18(19(29)25-14)27-5-9-31-10-6-27/h11-13H,3-10H2,1-2H3. The normalized spacial score (nSPS) is 15.2. The molecule has 0 N–H and O–H groups in total. The average Bonchev–Trinajstić information content (AvgIpc) is 3.33. The van der Waals surface area contributed by atoms with E-state index in [1.165, 1.54) is 0 Å². The summed E-state index contributed by atoms with van der Waals surface area (Å²) in [6.07, 6.45) is -0.0820. The molecule has 3 aromatic rings. The number of alkyl halides is 3. The Kier molecular flexibility index (Phi) is 6.15. The minimum Gasteiger partial charge on any atom is -0.383 e. The number of morpholine rings is 1. The summed E-state index contributed by atoms with van der Waals surface area (Å²) in [5.41, 5.74) is 3.38. The van der Waals surface area contributed by atoms with Crippen LogP contribution in [-0.2, 0) is 22.4 Å². The summed E-state index contributed by atoms with van der Waals surface area (Å²) >= 11 is 0. The van der Waals surface area contributed by atoms with Gasteiger partial charge in [0.15, 0.2) is 11.5 Å². The monoisotopic (exact) mass is 438 g/mol. The van der Waals surface area contributed by atoms with Gasteiger partial charge >= 0.3 is 6.18 Å². The molecule has 0 bridgehead atoms. The van der Waals surface area contributed by atoms with E-state index in [9.17, 15) is 13.2 Å². The van der Waals surface area contributed by atoms with Crippen molar-refractivity contribution < 1.29 is 22.6 Å². The fraction of sp³-hybridized carbons (Fsp3) is 0.550. The maximum atomic E-state index is 12.9. The van der Waals surface area contributed by atoms with Crippen LogP contribution in [0.15, 0.2) is 18.6 Å². The van der Waals surface area contributed by atoms with Crippen LogP contribution < -0.4 is 4.90 Å². The Balaban J connectivity index is 1.79. The number of imidazole rings is 1. The van der Waals surface area contributed by atoms with E-state index in [0.29, 0.717) is 56.6 Å². The Morgan fingerprint density at radius 1 is 1.16 bits per heavy atom. The molecule has 0 atom stereocenters. The average molecular weight is 438 g/mol. The quantitative estimate of drug-likeness (QED) is 0.565. The Morgan fingerprint density at radius 3 is 2.65 bits per heavy atom. The Bertz CT molecular complexity index is 1040. The molecule has 0 unspecified atom stereocenters. The molecule has 0 saturated carbocycles. The number of ether oxygens (including phenoxy) is 2. The number of methoxy groups -OCH3 is 1. The second kappa shape index (κ2) is 8.83. The first-order valence-corrected chi connectivity index (χ1v) is 10.2. The molecule has 0 radical (unpaired) electrons. The summed E-state index contributed by atoms with van der Waals surface area (Å²) in [6, 6.07) is 0. The summed E-state index contributed by atoms with van der Waals surface area (Å²) in [6.45, 7) is 5.32. The first-order chi connectivity index (χ1) is 14.9. The third-order valence-electron chi connectivity index (χ3n) is 5.22. The molecule has 4 heterocycles. The number of hydrogen-bond donors (Lipinski definition) is 0. The van der Waals surface area contributed by atoms with Gasteiger partial charge in [-0.3, -0.25) is 9.08 Å². The lowest BCUT2D eigenvalue weighted by Crippen LogP contribution is -2.37. The van der Waals surface area contributed by atoms with Crippen molar-refractivity contribution in [3.63, 3.8) is 0 Å². The van der Waals surface area contributed by atoms with Gasteiger partial charge in [-0.1, -0.05) is 0 Å². The van der Waals surface area contributed by atoms with E-state index in [1.54, 1.807) is 24.2 Å². The Hall–Kier alpha value is -2.66. The van der Waals surface area contributed by atoms with Crippen LogP contribution in [0.2, 0.25) is 0 Å². The van der Waals surface area contributed by atoms with E-state index in [-0.39, 0.29) is 6.42 Å². The lowest BCUT2D eigenvalue weighted by Gasteiger charge is -2.28. The molecule has 0 aliphatic carbocycles. The van der Waals surface area contributed by atoms with Gasteiger partial charge in [-0.15, -0.1) is 0 Å². The molecule has 4 rings (SSSR count). The van der Waals surface area contributed by atoms with Crippen LogP contribution in [0.25, 0.3) is 16.9 Å². The van der Waals surface area contributed by atoms with Crippen LogP contribution >= 0.6 is 0 Å². The van der Waals surface area contributed by atoms with Gasteiger partial charge in [0.05, 0.1) is 49.6 Å². The smallest absolute Gasteiger partial charge is 0.383 e. The number of aryl methyl sites for hydroxylation is 2. The van der Waals surface area contributed by atoms with Crippen molar-refractivity contribution in [3.8, 4) is 11.3 Å². The van der Waals surface area contributed by atoms with Gasteiger partial charge < -0.3 is 14.4 Å². The van der Waals surface area contributed by atoms with Crippen molar-refractivity contribution in [2.75, 3.05) is 44.9 Å². The van der Waals surface area contributed by atoms with E-state index in [0.717, 1.165) is 17.0 Å². The predicted molar refractivity (Wildman–Crippen MR) is 108 cm³/mol. The number of rotatable bonds is 7. The number of aromatic nitrogens is 5. The molecule has 1 saturated heterocycles. The zero-order chi connectivity index (χ0) is 22.0. The number of anilines is 1. The first-order valence-electron chi connectivity index (χ1n) is 10.2. The number of nitrogens with zero attached hydrogens (tertiary/aromatic N) is 6. The highest BCUT2D eigenvalue weighted by Gasteiger charge is 2.28. The number of hydrogen-bond acceptors (Lipinski definition) is 6. The molecule has 3 aromatic heterocycles. The lowest BCUT2D eigenvalue weighted by molar-refractivity contribution is -0.134. The number of fused-ring (bicyclic) bond motifs is 1. The topological polar surface area (TPSA) is 69.7 Å². The molecule has 11 heteroatoms. The predicted octanol–water partition coefficient (Wildman–Crippen LogP) is 2.88. The van der Waals surface area contributed by atoms with Gasteiger partial charge in [-0.2, -0.15) is 18.3 Å². The fourth-order valence-electron chi connectivity index (χ4n) is 3.71. The zero-order valence-corrected chi connectivity index (χ0v) is 17.5. The van der Waals surface area contributed by atoms with Crippen LogP contribution in [0.1, 0.15) is 17.8 Å². The third kappa shape index (κ3) is 4.82. The van der Waals surface area contributed by atoms with Gasteiger partial charge in [-0.25, -0.2) is 9.97 Å². The molecule has 31 heavy (non-hydrogen) atoms. The van der Waals surface area contributed by atoms with Gasteiger partial charge in [0, 0.05) is 44.6 Å². The minimum absolute atomic E-state index is 0.194. The van der Waals surface area contributed by atoms with Crippen molar-refractivity contribution in [3.05, 3.63) is 30.0 Å². The molecule has 1 aliphatic rings.